The van der Waals surface area contributed by atoms with Crippen molar-refractivity contribution in [2.75, 3.05) is 11.4 Å². The van der Waals surface area contributed by atoms with Gasteiger partial charge in [0, 0.05) is 12.6 Å². The minimum absolute atomic E-state index is 0.0527. The maximum atomic E-state index is 13.0. The van der Waals surface area contributed by atoms with Crippen molar-refractivity contribution in [3.63, 3.8) is 0 Å². The van der Waals surface area contributed by atoms with E-state index >= 15 is 0 Å². The molecule has 1 unspecified atom stereocenters. The molecule has 0 aromatic heterocycles. The number of halogens is 2. The monoisotopic (exact) mass is 322 g/mol. The van der Waals surface area contributed by atoms with Crippen molar-refractivity contribution >= 4 is 29.1 Å². The Labute approximate surface area is 133 Å². The highest BCUT2D eigenvalue weighted by atomic mass is 35.5. The number of hydrogen-bond donors (Lipinski definition) is 0. The van der Waals surface area contributed by atoms with Crippen molar-refractivity contribution < 1.29 is 14.0 Å². The molecule has 1 atom stereocenters. The first-order chi connectivity index (χ1) is 10.5. The van der Waals surface area contributed by atoms with Crippen molar-refractivity contribution in [3.05, 3.63) is 40.8 Å². The van der Waals surface area contributed by atoms with Gasteiger partial charge in [-0.1, -0.05) is 11.6 Å². The van der Waals surface area contributed by atoms with Gasteiger partial charge in [0.1, 0.15) is 16.5 Å². The number of piperidine rings is 1. The molecule has 1 aromatic rings. The van der Waals surface area contributed by atoms with Crippen LogP contribution in [0.25, 0.3) is 0 Å². The van der Waals surface area contributed by atoms with Gasteiger partial charge in [0.2, 0.25) is 0 Å². The zero-order valence-electron chi connectivity index (χ0n) is 12.2. The summed E-state index contributed by atoms with van der Waals surface area (Å²) in [5, 5.41) is -0.0527. The lowest BCUT2D eigenvalue weighted by Crippen LogP contribution is -2.41. The number of carbonyl (C=O) groups excluding carboxylic acids is 2. The second-order valence-corrected chi connectivity index (χ2v) is 6.00. The van der Waals surface area contributed by atoms with Gasteiger partial charge in [0.05, 0.1) is 5.69 Å². The van der Waals surface area contributed by atoms with Gasteiger partial charge in [-0.3, -0.25) is 9.59 Å². The number of nitrogens with zero attached hydrogens (tertiary/aromatic N) is 2. The lowest BCUT2D eigenvalue weighted by Gasteiger charge is -2.35. The first kappa shape index (κ1) is 15.0. The summed E-state index contributed by atoms with van der Waals surface area (Å²) in [7, 11) is 0. The summed E-state index contributed by atoms with van der Waals surface area (Å²) in [6, 6.07) is 5.40. The number of imide groups is 1. The summed E-state index contributed by atoms with van der Waals surface area (Å²) >= 11 is 6.15. The summed E-state index contributed by atoms with van der Waals surface area (Å²) in [6.45, 7) is 2.73. The average molecular weight is 323 g/mol. The molecule has 2 amide bonds. The Balaban J connectivity index is 1.94. The number of rotatable bonds is 2. The Kier molecular flexibility index (Phi) is 3.91. The fourth-order valence-corrected chi connectivity index (χ4v) is 3.27. The molecule has 0 aliphatic carbocycles. The molecule has 2 aliphatic rings. The molecule has 1 aromatic carbocycles. The van der Waals surface area contributed by atoms with Gasteiger partial charge < -0.3 is 4.90 Å². The smallest absolute Gasteiger partial charge is 0.283 e. The van der Waals surface area contributed by atoms with Crippen molar-refractivity contribution in [1.82, 2.24) is 4.90 Å². The SMILES string of the molecule is CC1CCCCN1C1=C(Cl)C(=O)N(c2ccc(F)cc2)C1=O. The van der Waals surface area contributed by atoms with Gasteiger partial charge in [0.25, 0.3) is 11.8 Å². The largest absolute Gasteiger partial charge is 0.363 e. The molecular formula is C16H16ClFN2O2. The molecule has 116 valence electrons. The van der Waals surface area contributed by atoms with E-state index in [-0.39, 0.29) is 16.8 Å². The third-order valence-electron chi connectivity index (χ3n) is 4.18. The third-order valence-corrected chi connectivity index (χ3v) is 4.52. The summed E-state index contributed by atoms with van der Waals surface area (Å²) in [4.78, 5) is 28.0. The van der Waals surface area contributed by atoms with Crippen LogP contribution in [0.4, 0.5) is 10.1 Å². The van der Waals surface area contributed by atoms with E-state index in [0.29, 0.717) is 12.2 Å². The van der Waals surface area contributed by atoms with Gasteiger partial charge in [-0.25, -0.2) is 9.29 Å². The van der Waals surface area contributed by atoms with Crippen molar-refractivity contribution in [2.24, 2.45) is 0 Å². The van der Waals surface area contributed by atoms with Crippen molar-refractivity contribution in [3.8, 4) is 0 Å². The van der Waals surface area contributed by atoms with Gasteiger partial charge >= 0.3 is 0 Å². The Morgan fingerprint density at radius 2 is 1.82 bits per heavy atom. The Hall–Kier alpha value is -1.88. The lowest BCUT2D eigenvalue weighted by molar-refractivity contribution is -0.121. The van der Waals surface area contributed by atoms with E-state index in [2.05, 4.69) is 0 Å². The van der Waals surface area contributed by atoms with E-state index in [1.54, 1.807) is 0 Å². The second-order valence-electron chi connectivity index (χ2n) is 5.62. The average Bonchev–Trinajstić information content (AvgIpc) is 2.72. The standard InChI is InChI=1S/C16H16ClFN2O2/c1-10-4-2-3-9-19(10)14-13(17)15(21)20(16(14)22)12-7-5-11(18)6-8-12/h5-8,10H,2-4,9H2,1H3. The number of carbonyl (C=O) groups is 2. The zero-order valence-corrected chi connectivity index (χ0v) is 12.9. The van der Waals surface area contributed by atoms with Gasteiger partial charge in [0.15, 0.2) is 0 Å². The summed E-state index contributed by atoms with van der Waals surface area (Å²) in [5.74, 6) is -1.41. The van der Waals surface area contributed by atoms with E-state index in [0.717, 1.165) is 24.2 Å². The van der Waals surface area contributed by atoms with Crippen molar-refractivity contribution in [1.29, 1.82) is 0 Å². The van der Waals surface area contributed by atoms with Gasteiger partial charge in [-0.15, -0.1) is 0 Å². The first-order valence-corrected chi connectivity index (χ1v) is 7.69. The highest BCUT2D eigenvalue weighted by Crippen LogP contribution is 2.34. The van der Waals surface area contributed by atoms with Crippen LogP contribution in [0, 0.1) is 5.82 Å². The van der Waals surface area contributed by atoms with Crippen LogP contribution in [0.5, 0.6) is 0 Å². The number of anilines is 1. The number of hydrogen-bond acceptors (Lipinski definition) is 3. The van der Waals surface area contributed by atoms with E-state index in [1.807, 2.05) is 11.8 Å². The second kappa shape index (κ2) is 5.72. The van der Waals surface area contributed by atoms with Crippen LogP contribution in [-0.2, 0) is 9.59 Å². The molecule has 0 saturated carbocycles. The molecule has 6 heteroatoms. The topological polar surface area (TPSA) is 40.6 Å². The minimum Gasteiger partial charge on any atom is -0.363 e. The van der Waals surface area contributed by atoms with Crippen LogP contribution in [-0.4, -0.2) is 29.3 Å². The van der Waals surface area contributed by atoms with Crippen LogP contribution in [0.1, 0.15) is 26.2 Å². The molecule has 0 bridgehead atoms. The molecule has 2 heterocycles. The minimum atomic E-state index is -0.550. The Morgan fingerprint density at radius 3 is 2.45 bits per heavy atom. The molecule has 0 spiro atoms. The van der Waals surface area contributed by atoms with Crippen LogP contribution >= 0.6 is 11.6 Å². The molecule has 0 N–H and O–H groups in total. The van der Waals surface area contributed by atoms with Crippen molar-refractivity contribution in [2.45, 2.75) is 32.2 Å². The predicted octanol–water partition coefficient (Wildman–Crippen LogP) is 3.02. The summed E-state index contributed by atoms with van der Waals surface area (Å²) in [5.41, 5.74) is 0.595. The zero-order chi connectivity index (χ0) is 15.9. The highest BCUT2D eigenvalue weighted by Gasteiger charge is 2.42. The fourth-order valence-electron chi connectivity index (χ4n) is 3.00. The highest BCUT2D eigenvalue weighted by molar-refractivity contribution is 6.52. The van der Waals surface area contributed by atoms with Gasteiger partial charge in [-0.2, -0.15) is 0 Å². The summed E-state index contributed by atoms with van der Waals surface area (Å²) < 4.78 is 13.0. The molecule has 2 aliphatic heterocycles. The van der Waals surface area contributed by atoms with Crippen LogP contribution in [0.2, 0.25) is 0 Å². The normalized spacial score (nSPS) is 22.8. The third kappa shape index (κ3) is 2.39. The van der Waals surface area contributed by atoms with E-state index in [4.69, 9.17) is 11.6 Å². The lowest BCUT2D eigenvalue weighted by atomic mass is 10.0. The molecule has 1 saturated heterocycles. The van der Waals surface area contributed by atoms with E-state index in [9.17, 15) is 14.0 Å². The Morgan fingerprint density at radius 1 is 1.14 bits per heavy atom. The first-order valence-electron chi connectivity index (χ1n) is 7.31. The molecule has 1 fully saturated rings. The van der Waals surface area contributed by atoms with E-state index in [1.165, 1.54) is 24.3 Å². The maximum absolute atomic E-state index is 13.0. The molecule has 3 rings (SSSR count). The van der Waals surface area contributed by atoms with Crippen LogP contribution in [0.15, 0.2) is 35.0 Å². The van der Waals surface area contributed by atoms with Crippen LogP contribution in [0.3, 0.4) is 0 Å². The summed E-state index contributed by atoms with van der Waals surface area (Å²) in [6.07, 6.45) is 3.04. The van der Waals surface area contributed by atoms with Gasteiger partial charge in [-0.05, 0) is 50.5 Å². The number of likely N-dealkylation sites (tertiary alicyclic amines) is 1. The number of benzene rings is 1. The number of amides is 2. The quantitative estimate of drug-likeness (QED) is 0.786. The molecule has 4 nitrogen and oxygen atoms in total. The molecule has 0 radical (unpaired) electrons. The van der Waals surface area contributed by atoms with Crippen LogP contribution < -0.4 is 4.90 Å². The Bertz CT molecular complexity index is 657. The maximum Gasteiger partial charge on any atom is 0.283 e. The fraction of sp³-hybridized carbons (Fsp3) is 0.375. The van der Waals surface area contributed by atoms with E-state index < -0.39 is 17.6 Å². The molecular weight excluding hydrogens is 307 g/mol. The predicted molar refractivity (Wildman–Crippen MR) is 81.8 cm³/mol. The molecule has 22 heavy (non-hydrogen) atoms.